The van der Waals surface area contributed by atoms with Crippen LogP contribution in [0.5, 0.6) is 0 Å². The van der Waals surface area contributed by atoms with Crippen LogP contribution in [0.2, 0.25) is 5.15 Å². The van der Waals surface area contributed by atoms with E-state index in [0.717, 1.165) is 5.56 Å². The highest BCUT2D eigenvalue weighted by molar-refractivity contribution is 6.29. The monoisotopic (exact) mass is 303 g/mol. The van der Waals surface area contributed by atoms with Crippen molar-refractivity contribution < 1.29 is 14.7 Å². The van der Waals surface area contributed by atoms with Crippen molar-refractivity contribution in [3.05, 3.63) is 52.3 Å². The Morgan fingerprint density at radius 2 is 2.00 bits per heavy atom. The maximum absolute atomic E-state index is 12.4. The standard InChI is InChI=1S/C14H10ClN3O3/c15-12-4-2-10(16-17-12)13(19)18-6-5-8-7-9(14(20)21)1-3-11(8)18/h1-4,7H,5-6H2,(H,20,21). The Balaban J connectivity index is 1.92. The smallest absolute Gasteiger partial charge is 0.335 e. The van der Waals surface area contributed by atoms with Gasteiger partial charge in [-0.2, -0.15) is 0 Å². The first kappa shape index (κ1) is 13.5. The molecule has 21 heavy (non-hydrogen) atoms. The zero-order valence-electron chi connectivity index (χ0n) is 10.8. The normalized spacial score (nSPS) is 13.1. The highest BCUT2D eigenvalue weighted by Gasteiger charge is 2.27. The zero-order chi connectivity index (χ0) is 15.0. The van der Waals surface area contributed by atoms with E-state index in [2.05, 4.69) is 10.2 Å². The van der Waals surface area contributed by atoms with E-state index in [4.69, 9.17) is 16.7 Å². The molecule has 6 nitrogen and oxygen atoms in total. The Labute approximate surface area is 125 Å². The Morgan fingerprint density at radius 1 is 1.19 bits per heavy atom. The Bertz CT molecular complexity index is 731. The van der Waals surface area contributed by atoms with Gasteiger partial charge in [0.1, 0.15) is 0 Å². The van der Waals surface area contributed by atoms with Crippen molar-refractivity contribution >= 4 is 29.2 Å². The van der Waals surface area contributed by atoms with Crippen molar-refractivity contribution in [2.45, 2.75) is 6.42 Å². The molecule has 0 atom stereocenters. The first-order valence-electron chi connectivity index (χ1n) is 6.23. The summed E-state index contributed by atoms with van der Waals surface area (Å²) in [4.78, 5) is 24.9. The van der Waals surface area contributed by atoms with Crippen LogP contribution in [0.3, 0.4) is 0 Å². The lowest BCUT2D eigenvalue weighted by Gasteiger charge is -2.16. The molecule has 0 unspecified atom stereocenters. The van der Waals surface area contributed by atoms with E-state index in [1.165, 1.54) is 18.2 Å². The van der Waals surface area contributed by atoms with E-state index in [-0.39, 0.29) is 22.3 Å². The van der Waals surface area contributed by atoms with Crippen LogP contribution >= 0.6 is 11.6 Å². The van der Waals surface area contributed by atoms with E-state index in [0.29, 0.717) is 18.7 Å². The lowest BCUT2D eigenvalue weighted by Crippen LogP contribution is -2.29. The number of aromatic nitrogens is 2. The Hall–Kier alpha value is -2.47. The molecule has 0 bridgehead atoms. The fraction of sp³-hybridized carbons (Fsp3) is 0.143. The maximum Gasteiger partial charge on any atom is 0.335 e. The third-order valence-corrected chi connectivity index (χ3v) is 3.52. The molecule has 0 aliphatic carbocycles. The number of rotatable bonds is 2. The quantitative estimate of drug-likeness (QED) is 0.917. The van der Waals surface area contributed by atoms with Crippen LogP contribution in [-0.2, 0) is 6.42 Å². The van der Waals surface area contributed by atoms with E-state index in [9.17, 15) is 9.59 Å². The van der Waals surface area contributed by atoms with Gasteiger partial charge in [0.25, 0.3) is 5.91 Å². The molecule has 2 aromatic rings. The number of carbonyl (C=O) groups is 2. The second-order valence-corrected chi connectivity index (χ2v) is 4.98. The molecular weight excluding hydrogens is 294 g/mol. The number of fused-ring (bicyclic) bond motifs is 1. The number of carboxylic acid groups (broad SMARTS) is 1. The van der Waals surface area contributed by atoms with Gasteiger partial charge in [-0.05, 0) is 42.3 Å². The molecule has 0 saturated heterocycles. The summed E-state index contributed by atoms with van der Waals surface area (Å²) in [5.41, 5.74) is 1.97. The predicted molar refractivity (Wildman–Crippen MR) is 75.8 cm³/mol. The topological polar surface area (TPSA) is 83.4 Å². The van der Waals surface area contributed by atoms with Gasteiger partial charge < -0.3 is 10.0 Å². The van der Waals surface area contributed by atoms with Gasteiger partial charge in [0.2, 0.25) is 0 Å². The largest absolute Gasteiger partial charge is 0.478 e. The molecule has 0 radical (unpaired) electrons. The van der Waals surface area contributed by atoms with E-state index in [1.54, 1.807) is 17.0 Å². The van der Waals surface area contributed by atoms with E-state index < -0.39 is 5.97 Å². The fourth-order valence-corrected chi connectivity index (χ4v) is 2.41. The number of aromatic carboxylic acids is 1. The molecule has 1 aliphatic heterocycles. The zero-order valence-corrected chi connectivity index (χ0v) is 11.5. The fourth-order valence-electron chi connectivity index (χ4n) is 2.31. The molecule has 106 valence electrons. The molecule has 1 aromatic carbocycles. The van der Waals surface area contributed by atoms with Crippen LogP contribution in [0.25, 0.3) is 0 Å². The molecular formula is C14H10ClN3O3. The third kappa shape index (κ3) is 2.45. The first-order valence-corrected chi connectivity index (χ1v) is 6.61. The lowest BCUT2D eigenvalue weighted by atomic mass is 10.1. The van der Waals surface area contributed by atoms with Crippen LogP contribution in [0.1, 0.15) is 26.4 Å². The van der Waals surface area contributed by atoms with Gasteiger partial charge in [0.05, 0.1) is 5.56 Å². The molecule has 0 fully saturated rings. The second-order valence-electron chi connectivity index (χ2n) is 4.60. The summed E-state index contributed by atoms with van der Waals surface area (Å²) in [6, 6.07) is 7.75. The van der Waals surface area contributed by atoms with Crippen LogP contribution in [0, 0.1) is 0 Å². The Kier molecular flexibility index (Phi) is 3.31. The number of nitrogens with zero attached hydrogens (tertiary/aromatic N) is 3. The Morgan fingerprint density at radius 3 is 2.67 bits per heavy atom. The minimum atomic E-state index is -0.980. The average molecular weight is 304 g/mol. The first-order chi connectivity index (χ1) is 10.1. The summed E-state index contributed by atoms with van der Waals surface area (Å²) in [6.45, 7) is 0.488. The van der Waals surface area contributed by atoms with Crippen molar-refractivity contribution in [2.75, 3.05) is 11.4 Å². The molecule has 7 heteroatoms. The lowest BCUT2D eigenvalue weighted by molar-refractivity contribution is 0.0696. The molecule has 0 spiro atoms. The summed E-state index contributed by atoms with van der Waals surface area (Å²) in [7, 11) is 0. The highest BCUT2D eigenvalue weighted by Crippen LogP contribution is 2.30. The number of hydrogen-bond donors (Lipinski definition) is 1. The summed E-state index contributed by atoms with van der Waals surface area (Å²) in [5, 5.41) is 16.6. The maximum atomic E-state index is 12.4. The van der Waals surface area contributed by atoms with Crippen LogP contribution in [0.4, 0.5) is 5.69 Å². The highest BCUT2D eigenvalue weighted by atomic mass is 35.5. The summed E-state index contributed by atoms with van der Waals surface area (Å²) in [6.07, 6.45) is 0.614. The third-order valence-electron chi connectivity index (χ3n) is 3.32. The number of benzene rings is 1. The van der Waals surface area contributed by atoms with Gasteiger partial charge in [-0.15, -0.1) is 10.2 Å². The SMILES string of the molecule is O=C(O)c1ccc2c(c1)CCN2C(=O)c1ccc(Cl)nn1. The molecule has 2 heterocycles. The number of amides is 1. The summed E-state index contributed by atoms with van der Waals surface area (Å²) < 4.78 is 0. The molecule has 1 aromatic heterocycles. The summed E-state index contributed by atoms with van der Waals surface area (Å²) >= 11 is 5.65. The summed E-state index contributed by atoms with van der Waals surface area (Å²) in [5.74, 6) is -1.26. The van der Waals surface area contributed by atoms with Crippen molar-refractivity contribution in [1.29, 1.82) is 0 Å². The van der Waals surface area contributed by atoms with E-state index >= 15 is 0 Å². The van der Waals surface area contributed by atoms with Crippen molar-refractivity contribution in [3.8, 4) is 0 Å². The number of halogens is 1. The van der Waals surface area contributed by atoms with Crippen LogP contribution in [-0.4, -0.2) is 33.7 Å². The van der Waals surface area contributed by atoms with Gasteiger partial charge in [-0.3, -0.25) is 4.79 Å². The van der Waals surface area contributed by atoms with Crippen molar-refractivity contribution in [1.82, 2.24) is 10.2 Å². The number of carboxylic acids is 1. The molecule has 1 amide bonds. The van der Waals surface area contributed by atoms with Crippen LogP contribution in [0.15, 0.2) is 30.3 Å². The van der Waals surface area contributed by atoms with Gasteiger partial charge in [0, 0.05) is 12.2 Å². The van der Waals surface area contributed by atoms with Crippen LogP contribution < -0.4 is 4.90 Å². The van der Waals surface area contributed by atoms with Gasteiger partial charge >= 0.3 is 5.97 Å². The van der Waals surface area contributed by atoms with Gasteiger partial charge in [-0.25, -0.2) is 4.79 Å². The molecule has 0 saturated carbocycles. The molecule has 3 rings (SSSR count). The van der Waals surface area contributed by atoms with Crippen molar-refractivity contribution in [3.63, 3.8) is 0 Å². The molecule has 1 N–H and O–H groups in total. The minimum Gasteiger partial charge on any atom is -0.478 e. The number of anilines is 1. The average Bonchev–Trinajstić information content (AvgIpc) is 2.90. The second kappa shape index (κ2) is 5.14. The van der Waals surface area contributed by atoms with Gasteiger partial charge in [-0.1, -0.05) is 11.6 Å². The predicted octanol–water partition coefficient (Wildman–Crippen LogP) is 2.03. The molecule has 1 aliphatic rings. The van der Waals surface area contributed by atoms with Gasteiger partial charge in [0.15, 0.2) is 10.8 Å². The van der Waals surface area contributed by atoms with Crippen molar-refractivity contribution in [2.24, 2.45) is 0 Å². The van der Waals surface area contributed by atoms with E-state index in [1.807, 2.05) is 0 Å². The number of carbonyl (C=O) groups excluding carboxylic acids is 1. The minimum absolute atomic E-state index is 0.203. The number of hydrogen-bond acceptors (Lipinski definition) is 4.